The Bertz CT molecular complexity index is 1110. The van der Waals surface area contributed by atoms with E-state index in [1.807, 2.05) is 0 Å². The summed E-state index contributed by atoms with van der Waals surface area (Å²) in [6.07, 6.45) is 10.7. The minimum absolute atomic E-state index is 0. The summed E-state index contributed by atoms with van der Waals surface area (Å²) in [5, 5.41) is 38.0. The van der Waals surface area contributed by atoms with Crippen molar-refractivity contribution >= 4 is 41.3 Å². The van der Waals surface area contributed by atoms with Crippen molar-refractivity contribution in [1.82, 2.24) is 20.9 Å². The van der Waals surface area contributed by atoms with Crippen molar-refractivity contribution in [2.75, 3.05) is 38.5 Å². The van der Waals surface area contributed by atoms with Crippen molar-refractivity contribution in [3.8, 4) is 0 Å². The maximum absolute atomic E-state index is 12.5. The number of rotatable bonds is 23. The van der Waals surface area contributed by atoms with Gasteiger partial charge in [-0.1, -0.05) is 25.3 Å². The number of imide groups is 1. The number of hydrogen-bond donors (Lipinski definition) is 6. The third-order valence-electron chi connectivity index (χ3n) is 9.65. The first-order valence-corrected chi connectivity index (χ1v) is 19.4. The van der Waals surface area contributed by atoms with Crippen LogP contribution in [0.5, 0.6) is 0 Å². The molecule has 2 aliphatic heterocycles. The predicted octanol–water partition coefficient (Wildman–Crippen LogP) is 1.95. The average molecular weight is 952 g/mol. The van der Waals surface area contributed by atoms with Crippen LogP contribution >= 0.6 is 11.8 Å². The van der Waals surface area contributed by atoms with Crippen molar-refractivity contribution in [2.45, 2.75) is 126 Å². The summed E-state index contributed by atoms with van der Waals surface area (Å²) in [4.78, 5) is 61.6. The molecule has 0 spiro atoms. The van der Waals surface area contributed by atoms with Crippen molar-refractivity contribution in [2.24, 2.45) is 11.8 Å². The van der Waals surface area contributed by atoms with Gasteiger partial charge in [-0.05, 0) is 75.9 Å². The third-order valence-corrected chi connectivity index (χ3v) is 10.9. The Morgan fingerprint density at radius 2 is 1.31 bits per heavy atom. The van der Waals surface area contributed by atoms with E-state index >= 15 is 0 Å². The van der Waals surface area contributed by atoms with Crippen LogP contribution in [0.15, 0.2) is 12.2 Å². The Morgan fingerprint density at radius 1 is 0.784 bits per heavy atom. The first-order chi connectivity index (χ1) is 24.1. The molecule has 1 saturated carbocycles. The van der Waals surface area contributed by atoms with E-state index in [0.717, 1.165) is 83.5 Å². The van der Waals surface area contributed by atoms with Gasteiger partial charge in [-0.2, -0.15) is 0 Å². The molecule has 0 aromatic rings. The molecule has 0 bridgehead atoms. The summed E-state index contributed by atoms with van der Waals surface area (Å²) >= 11 is 1.40. The summed E-state index contributed by atoms with van der Waals surface area (Å²) in [6, 6.07) is -0.976. The molecule has 5 atom stereocenters. The molecule has 2 fully saturated rings. The fourth-order valence-corrected chi connectivity index (χ4v) is 7.66. The van der Waals surface area contributed by atoms with Gasteiger partial charge in [-0.15, -0.1) is 11.8 Å². The van der Waals surface area contributed by atoms with Crippen LogP contribution in [0.25, 0.3) is 5.73 Å². The molecular weight excluding hydrogens is 893 g/mol. The van der Waals surface area contributed by atoms with Gasteiger partial charge in [0.05, 0.1) is 18.1 Å². The average Bonchev–Trinajstić information content (AvgIpc) is 3.42. The van der Waals surface area contributed by atoms with E-state index in [-0.39, 0.29) is 85.4 Å². The molecule has 287 valence electrons. The molecule has 16 heteroatoms. The Balaban J connectivity index is 0.00000901. The third kappa shape index (κ3) is 16.8. The maximum atomic E-state index is 12.5. The van der Waals surface area contributed by atoms with Crippen molar-refractivity contribution < 1.29 is 88.1 Å². The molecule has 0 aromatic carbocycles. The number of hydrogen-bond acceptors (Lipinski definition) is 10. The molecule has 5 amide bonds. The zero-order valence-corrected chi connectivity index (χ0v) is 35.3. The van der Waals surface area contributed by atoms with Gasteiger partial charge in [0.25, 0.3) is 11.8 Å². The molecule has 1 radical (unpaired) electrons. The second-order valence-electron chi connectivity index (χ2n) is 13.6. The second-order valence-corrected chi connectivity index (χ2v) is 14.8. The Hall–Kier alpha value is -1.12. The second kappa shape index (κ2) is 25.8. The zero-order valence-electron chi connectivity index (χ0n) is 29.8. The number of aliphatic hydroxyl groups is 3. The van der Waals surface area contributed by atoms with Gasteiger partial charge in [-0.25, -0.2) is 0 Å². The molecule has 2 heterocycles. The minimum Gasteiger partial charge on any atom is -0.670 e. The molecule has 1 saturated heterocycles. The first-order valence-electron chi connectivity index (χ1n) is 18.4. The molecule has 14 nitrogen and oxygen atoms in total. The number of carbonyl (C=O) groups excluding carboxylic acids is 5. The molecule has 7 N–H and O–H groups in total. The van der Waals surface area contributed by atoms with E-state index in [4.69, 9.17) is 10.5 Å². The first kappa shape index (κ1) is 46.0. The van der Waals surface area contributed by atoms with Crippen LogP contribution < -0.4 is 16.0 Å². The van der Waals surface area contributed by atoms with Gasteiger partial charge < -0.3 is 41.7 Å². The Labute approximate surface area is 342 Å². The quantitative estimate of drug-likeness (QED) is 0.0647. The van der Waals surface area contributed by atoms with Crippen LogP contribution in [-0.2, 0) is 28.7 Å². The number of ether oxygens (including phenoxy) is 1. The summed E-state index contributed by atoms with van der Waals surface area (Å²) in [5.41, 5.74) is 7.41. The standard InChI is InChI=1S/C35H58N5O9S.Ac/c36-31-33(47)32(46)26(23-41)49-35(31)50-21-9-3-8-19-38-28(43)10-4-1-6-18-37-27(42)11-5-2-7-20-39-34(48)25-14-12-24(13-15-25)22-40-29(44)16-17-30(40)45;/h16-17,24-26,31-33,35-36,41,46-47H,1-15,18-23H2,(H,37,42)(H,38,43)(H,39,48);/q-1;/t24?,25?,26?,31?,32-,33-,35-;/m0./s1. The van der Waals surface area contributed by atoms with Gasteiger partial charge >= 0.3 is 0 Å². The summed E-state index contributed by atoms with van der Waals surface area (Å²) in [5.74, 6) is 0.531. The van der Waals surface area contributed by atoms with Gasteiger partial charge in [0.15, 0.2) is 0 Å². The monoisotopic (exact) mass is 951 g/mol. The number of thioether (sulfide) groups is 1. The SMILES string of the molecule is [Ac].[NH-]C1[C@H](SCCCCCNC(=O)CCCCCNC(=O)CCCCCNC(=O)C2CCC(CN3C(=O)C=CC3=O)CC2)OC(CO)[C@H](O)[C@H]1O. The van der Waals surface area contributed by atoms with E-state index in [2.05, 4.69) is 16.0 Å². The fourth-order valence-electron chi connectivity index (χ4n) is 6.47. The number of unbranched alkanes of at least 4 members (excludes halogenated alkanes) is 6. The molecule has 3 aliphatic rings. The van der Waals surface area contributed by atoms with Crippen LogP contribution in [0.1, 0.15) is 96.3 Å². The van der Waals surface area contributed by atoms with E-state index in [9.17, 15) is 39.3 Å². The van der Waals surface area contributed by atoms with Crippen LogP contribution in [0.4, 0.5) is 0 Å². The molecule has 1 aliphatic carbocycles. The molecule has 2 unspecified atom stereocenters. The number of nitrogens with one attached hydrogen (secondary N) is 4. The summed E-state index contributed by atoms with van der Waals surface area (Å²) in [7, 11) is 0. The predicted molar refractivity (Wildman–Crippen MR) is 189 cm³/mol. The van der Waals surface area contributed by atoms with Crippen molar-refractivity contribution in [1.29, 1.82) is 0 Å². The van der Waals surface area contributed by atoms with Crippen LogP contribution in [0.3, 0.4) is 0 Å². The largest absolute Gasteiger partial charge is 0.670 e. The number of carbonyl (C=O) groups is 5. The van der Waals surface area contributed by atoms with Gasteiger partial charge in [0, 0.05) is 101 Å². The Morgan fingerprint density at radius 3 is 1.86 bits per heavy atom. The van der Waals surface area contributed by atoms with E-state index in [1.54, 1.807) is 0 Å². The van der Waals surface area contributed by atoms with Gasteiger partial charge in [0.2, 0.25) is 17.7 Å². The zero-order chi connectivity index (χ0) is 36.3. The smallest absolute Gasteiger partial charge is 0.253 e. The minimum atomic E-state index is -1.26. The Kier molecular flexibility index (Phi) is 23.3. The number of nitrogens with zero attached hydrogens (tertiary/aromatic N) is 1. The van der Waals surface area contributed by atoms with Crippen molar-refractivity contribution in [3.63, 3.8) is 0 Å². The summed E-state index contributed by atoms with van der Waals surface area (Å²) < 4.78 is 5.54. The normalized spacial score (nSPS) is 26.1. The van der Waals surface area contributed by atoms with E-state index in [1.165, 1.54) is 28.8 Å². The van der Waals surface area contributed by atoms with Crippen LogP contribution in [0.2, 0.25) is 0 Å². The number of amides is 5. The molecule has 0 aromatic heterocycles. The van der Waals surface area contributed by atoms with E-state index in [0.29, 0.717) is 44.8 Å². The number of aliphatic hydroxyl groups excluding tert-OH is 3. The molecular formula is C35H58AcN5O9S-. The molecule has 3 rings (SSSR count). The van der Waals surface area contributed by atoms with Crippen LogP contribution in [-0.4, -0.2) is 118 Å². The summed E-state index contributed by atoms with van der Waals surface area (Å²) in [6.45, 7) is 1.79. The maximum Gasteiger partial charge on any atom is 0.253 e. The molecule has 51 heavy (non-hydrogen) atoms. The van der Waals surface area contributed by atoms with Gasteiger partial charge in [0.1, 0.15) is 12.2 Å². The van der Waals surface area contributed by atoms with Gasteiger partial charge in [-0.3, -0.25) is 28.9 Å². The van der Waals surface area contributed by atoms with E-state index < -0.39 is 36.4 Å². The fraction of sp³-hybridized carbons (Fsp3) is 0.800. The van der Waals surface area contributed by atoms with Crippen molar-refractivity contribution in [3.05, 3.63) is 17.9 Å². The topological polar surface area (TPSA) is 218 Å². The van der Waals surface area contributed by atoms with Crippen LogP contribution in [0, 0.1) is 55.9 Å².